The van der Waals surface area contributed by atoms with Gasteiger partial charge >= 0.3 is 5.97 Å². The van der Waals surface area contributed by atoms with E-state index in [2.05, 4.69) is 5.10 Å². The van der Waals surface area contributed by atoms with Gasteiger partial charge in [-0.2, -0.15) is 5.10 Å². The summed E-state index contributed by atoms with van der Waals surface area (Å²) in [6, 6.07) is 10.3. The maximum absolute atomic E-state index is 12.8. The van der Waals surface area contributed by atoms with E-state index in [9.17, 15) is 9.59 Å². The molecule has 8 heteroatoms. The second kappa shape index (κ2) is 7.61. The molecule has 1 aromatic heterocycles. The van der Waals surface area contributed by atoms with Crippen LogP contribution < -0.4 is 10.3 Å². The van der Waals surface area contributed by atoms with Gasteiger partial charge in [-0.1, -0.05) is 29.8 Å². The van der Waals surface area contributed by atoms with Crippen molar-refractivity contribution >= 4 is 28.3 Å². The van der Waals surface area contributed by atoms with Crippen molar-refractivity contribution in [1.29, 1.82) is 0 Å². The van der Waals surface area contributed by atoms with Gasteiger partial charge in [0.1, 0.15) is 12.4 Å². The molecule has 0 saturated heterocycles. The molecule has 2 aromatic carbocycles. The lowest BCUT2D eigenvalue weighted by molar-refractivity contribution is -0.0180. The van der Waals surface area contributed by atoms with Crippen LogP contribution in [-0.2, 0) is 29.2 Å². The van der Waals surface area contributed by atoms with Gasteiger partial charge in [-0.05, 0) is 25.1 Å². The Kier molecular flexibility index (Phi) is 5.02. The van der Waals surface area contributed by atoms with Crippen LogP contribution in [0, 0.1) is 0 Å². The van der Waals surface area contributed by atoms with Crippen molar-refractivity contribution in [2.24, 2.45) is 0 Å². The lowest BCUT2D eigenvalue weighted by atomic mass is 10.1. The zero-order valence-electron chi connectivity index (χ0n) is 15.1. The van der Waals surface area contributed by atoms with Crippen LogP contribution in [0.5, 0.6) is 5.75 Å². The number of aryl methyl sites for hydroxylation is 1. The Balaban J connectivity index is 1.66. The van der Waals surface area contributed by atoms with E-state index in [0.29, 0.717) is 40.3 Å². The quantitative estimate of drug-likeness (QED) is 0.625. The minimum atomic E-state index is -0.626. The lowest BCUT2D eigenvalue weighted by Crippen LogP contribution is -2.25. The predicted octanol–water partition coefficient (Wildman–Crippen LogP) is 3.29. The molecule has 0 fully saturated rings. The Hall–Kier alpha value is -2.90. The fourth-order valence-electron chi connectivity index (χ4n) is 3.18. The van der Waals surface area contributed by atoms with E-state index in [-0.39, 0.29) is 24.7 Å². The largest absolute Gasteiger partial charge is 0.467 e. The monoisotopic (exact) mass is 400 g/mol. The molecule has 0 radical (unpaired) electrons. The summed E-state index contributed by atoms with van der Waals surface area (Å²) >= 11 is 6.15. The van der Waals surface area contributed by atoms with Crippen LogP contribution in [0.3, 0.4) is 0 Å². The summed E-state index contributed by atoms with van der Waals surface area (Å²) in [5.74, 6) is -0.0148. The molecule has 0 bridgehead atoms. The minimum absolute atomic E-state index is 0.0387. The Bertz CT molecular complexity index is 1130. The van der Waals surface area contributed by atoms with Crippen LogP contribution in [0.1, 0.15) is 28.5 Å². The lowest BCUT2D eigenvalue weighted by Gasteiger charge is -2.21. The fraction of sp³-hybridized carbons (Fsp3) is 0.250. The first kappa shape index (κ1) is 18.5. The molecule has 0 aliphatic carbocycles. The number of nitrogens with zero attached hydrogens (tertiary/aromatic N) is 2. The molecule has 7 nitrogen and oxygen atoms in total. The van der Waals surface area contributed by atoms with Crippen molar-refractivity contribution in [3.8, 4) is 5.75 Å². The van der Waals surface area contributed by atoms with Crippen LogP contribution in [0.25, 0.3) is 10.8 Å². The standard InChI is InChI=1S/C20H17ClN2O5/c1-2-23-19(24)16-6-4-3-5-15(16)17(22-23)20(25)27-10-13-8-14(21)7-12-9-26-11-28-18(12)13/h3-8H,2,9-11H2,1H3. The normalized spacial score (nSPS) is 13.1. The number of fused-ring (bicyclic) bond motifs is 2. The average molecular weight is 401 g/mol. The third kappa shape index (κ3) is 3.34. The highest BCUT2D eigenvalue weighted by molar-refractivity contribution is 6.30. The Morgan fingerprint density at radius 1 is 1.29 bits per heavy atom. The average Bonchev–Trinajstić information content (AvgIpc) is 2.72. The number of hydrogen-bond donors (Lipinski definition) is 0. The van der Waals surface area contributed by atoms with E-state index in [1.807, 2.05) is 0 Å². The first-order valence-corrected chi connectivity index (χ1v) is 9.15. The molecule has 144 valence electrons. The number of benzene rings is 2. The molecule has 0 atom stereocenters. The number of carbonyl (C=O) groups excluding carboxylic acids is 1. The zero-order chi connectivity index (χ0) is 19.7. The van der Waals surface area contributed by atoms with E-state index in [4.69, 9.17) is 25.8 Å². The van der Waals surface area contributed by atoms with Crippen molar-refractivity contribution < 1.29 is 19.0 Å². The van der Waals surface area contributed by atoms with Crippen LogP contribution in [-0.4, -0.2) is 22.5 Å². The highest BCUT2D eigenvalue weighted by Gasteiger charge is 2.21. The Morgan fingerprint density at radius 2 is 2.07 bits per heavy atom. The molecule has 28 heavy (non-hydrogen) atoms. The second-order valence-electron chi connectivity index (χ2n) is 6.26. The molecular formula is C20H17ClN2O5. The van der Waals surface area contributed by atoms with Crippen molar-refractivity contribution in [1.82, 2.24) is 9.78 Å². The summed E-state index contributed by atoms with van der Waals surface area (Å²) < 4.78 is 17.5. The Morgan fingerprint density at radius 3 is 2.86 bits per heavy atom. The van der Waals surface area contributed by atoms with Crippen molar-refractivity contribution in [2.45, 2.75) is 26.7 Å². The van der Waals surface area contributed by atoms with E-state index >= 15 is 0 Å². The number of hydrogen-bond acceptors (Lipinski definition) is 6. The van der Waals surface area contributed by atoms with Gasteiger partial charge in [0, 0.05) is 28.1 Å². The first-order chi connectivity index (χ1) is 13.6. The molecule has 3 aromatic rings. The third-order valence-corrected chi connectivity index (χ3v) is 4.69. The number of halogens is 1. The predicted molar refractivity (Wildman–Crippen MR) is 103 cm³/mol. The van der Waals surface area contributed by atoms with Crippen LogP contribution in [0.2, 0.25) is 5.02 Å². The SMILES string of the molecule is CCn1nc(C(=O)OCc2cc(Cl)cc3c2OCOC3)c2ccccc2c1=O. The van der Waals surface area contributed by atoms with Gasteiger partial charge in [-0.15, -0.1) is 0 Å². The summed E-state index contributed by atoms with van der Waals surface area (Å²) in [5, 5.41) is 5.57. The molecular weight excluding hydrogens is 384 g/mol. The zero-order valence-corrected chi connectivity index (χ0v) is 15.9. The summed E-state index contributed by atoms with van der Waals surface area (Å²) in [6.07, 6.45) is 0. The van der Waals surface area contributed by atoms with Crippen LogP contribution in [0.4, 0.5) is 0 Å². The third-order valence-electron chi connectivity index (χ3n) is 4.47. The highest BCUT2D eigenvalue weighted by Crippen LogP contribution is 2.32. The Labute approximate surface area is 165 Å². The molecule has 0 unspecified atom stereocenters. The molecule has 0 amide bonds. The van der Waals surface area contributed by atoms with Gasteiger partial charge < -0.3 is 14.2 Å². The van der Waals surface area contributed by atoms with E-state index in [0.717, 1.165) is 5.56 Å². The first-order valence-electron chi connectivity index (χ1n) is 8.77. The molecule has 1 aliphatic rings. The molecule has 4 rings (SSSR count). The molecule has 2 heterocycles. The second-order valence-corrected chi connectivity index (χ2v) is 6.69. The van der Waals surface area contributed by atoms with E-state index in [1.165, 1.54) is 4.68 Å². The number of esters is 1. The van der Waals surface area contributed by atoms with Crippen molar-refractivity contribution in [3.63, 3.8) is 0 Å². The van der Waals surface area contributed by atoms with Gasteiger partial charge in [-0.3, -0.25) is 4.79 Å². The van der Waals surface area contributed by atoms with Gasteiger partial charge in [0.05, 0.1) is 12.0 Å². The number of ether oxygens (including phenoxy) is 3. The molecule has 0 saturated carbocycles. The number of carbonyl (C=O) groups is 1. The highest BCUT2D eigenvalue weighted by atomic mass is 35.5. The summed E-state index contributed by atoms with van der Waals surface area (Å²) in [4.78, 5) is 25.2. The van der Waals surface area contributed by atoms with Crippen LogP contribution >= 0.6 is 11.6 Å². The smallest absolute Gasteiger partial charge is 0.359 e. The minimum Gasteiger partial charge on any atom is -0.467 e. The van der Waals surface area contributed by atoms with E-state index < -0.39 is 5.97 Å². The summed E-state index contributed by atoms with van der Waals surface area (Å²) in [6.45, 7) is 2.60. The maximum Gasteiger partial charge on any atom is 0.359 e. The van der Waals surface area contributed by atoms with Gasteiger partial charge in [-0.25, -0.2) is 9.48 Å². The van der Waals surface area contributed by atoms with Crippen molar-refractivity contribution in [3.05, 3.63) is 68.6 Å². The maximum atomic E-state index is 12.8. The van der Waals surface area contributed by atoms with Gasteiger partial charge in [0.2, 0.25) is 0 Å². The van der Waals surface area contributed by atoms with Gasteiger partial charge in [0.15, 0.2) is 12.5 Å². The molecule has 0 N–H and O–H groups in total. The van der Waals surface area contributed by atoms with Crippen molar-refractivity contribution in [2.75, 3.05) is 6.79 Å². The van der Waals surface area contributed by atoms with Crippen LogP contribution in [0.15, 0.2) is 41.2 Å². The number of aromatic nitrogens is 2. The number of rotatable bonds is 4. The summed E-state index contributed by atoms with van der Waals surface area (Å²) in [7, 11) is 0. The van der Waals surface area contributed by atoms with Gasteiger partial charge in [0.25, 0.3) is 5.56 Å². The topological polar surface area (TPSA) is 79.7 Å². The molecule has 0 spiro atoms. The fourth-order valence-corrected chi connectivity index (χ4v) is 3.44. The molecule has 1 aliphatic heterocycles. The van der Waals surface area contributed by atoms with E-state index in [1.54, 1.807) is 43.3 Å². The summed E-state index contributed by atoms with van der Waals surface area (Å²) in [5.41, 5.74) is 1.30.